The molecule has 2 aromatic rings. The number of anilines is 1. The Kier molecular flexibility index (Phi) is 3.40. The summed E-state index contributed by atoms with van der Waals surface area (Å²) in [5.41, 5.74) is 1.89. The van der Waals surface area contributed by atoms with E-state index in [1.54, 1.807) is 11.3 Å². The lowest BCUT2D eigenvalue weighted by molar-refractivity contribution is -0.139. The summed E-state index contributed by atoms with van der Waals surface area (Å²) in [6.07, 6.45) is 0.629. The topological polar surface area (TPSA) is 66.3 Å². The van der Waals surface area contributed by atoms with Gasteiger partial charge in [0.1, 0.15) is 10.0 Å². The van der Waals surface area contributed by atoms with Crippen molar-refractivity contribution in [2.75, 3.05) is 11.4 Å². The molecular formula is C14H15N3O2S. The molecule has 20 heavy (non-hydrogen) atoms. The number of carboxylic acid groups (broad SMARTS) is 1. The highest BCUT2D eigenvalue weighted by molar-refractivity contribution is 7.11. The monoisotopic (exact) mass is 289 g/mol. The van der Waals surface area contributed by atoms with Crippen molar-refractivity contribution in [3.8, 4) is 0 Å². The Morgan fingerprint density at radius 2 is 2.25 bits per heavy atom. The van der Waals surface area contributed by atoms with Crippen LogP contribution in [-0.2, 0) is 11.3 Å². The molecule has 0 saturated carbocycles. The number of aliphatic carboxylic acids is 1. The number of aromatic nitrogens is 2. The molecule has 0 bridgehead atoms. The smallest absolute Gasteiger partial charge is 0.311 e. The highest BCUT2D eigenvalue weighted by Gasteiger charge is 2.29. The molecule has 0 spiro atoms. The average molecular weight is 289 g/mol. The molecule has 6 heteroatoms. The van der Waals surface area contributed by atoms with Gasteiger partial charge in [-0.1, -0.05) is 29.5 Å². The van der Waals surface area contributed by atoms with Crippen LogP contribution in [0.2, 0.25) is 0 Å². The van der Waals surface area contributed by atoms with Gasteiger partial charge in [-0.05, 0) is 25.0 Å². The minimum atomic E-state index is -0.746. The fraction of sp³-hybridized carbons (Fsp3) is 0.357. The van der Waals surface area contributed by atoms with Gasteiger partial charge < -0.3 is 10.0 Å². The van der Waals surface area contributed by atoms with E-state index in [1.165, 1.54) is 0 Å². The third kappa shape index (κ3) is 2.38. The van der Waals surface area contributed by atoms with Crippen LogP contribution in [0.4, 0.5) is 5.69 Å². The van der Waals surface area contributed by atoms with E-state index in [2.05, 4.69) is 15.1 Å². The molecule has 1 aliphatic rings. The maximum atomic E-state index is 11.3. The van der Waals surface area contributed by atoms with Gasteiger partial charge in [-0.15, -0.1) is 10.2 Å². The fourth-order valence-electron chi connectivity index (χ4n) is 2.62. The molecule has 1 aliphatic heterocycles. The Morgan fingerprint density at radius 1 is 1.45 bits per heavy atom. The molecule has 104 valence electrons. The molecule has 1 aromatic carbocycles. The number of hydrogen-bond acceptors (Lipinski definition) is 5. The lowest BCUT2D eigenvalue weighted by atomic mass is 9.90. The van der Waals surface area contributed by atoms with Gasteiger partial charge in [-0.2, -0.15) is 0 Å². The van der Waals surface area contributed by atoms with Crippen LogP contribution in [0.25, 0.3) is 0 Å². The number of fused-ring (bicyclic) bond motifs is 1. The highest BCUT2D eigenvalue weighted by atomic mass is 32.1. The zero-order chi connectivity index (χ0) is 14.1. The first kappa shape index (κ1) is 13.1. The van der Waals surface area contributed by atoms with Gasteiger partial charge in [0.05, 0.1) is 12.5 Å². The van der Waals surface area contributed by atoms with Crippen molar-refractivity contribution in [1.82, 2.24) is 10.2 Å². The summed E-state index contributed by atoms with van der Waals surface area (Å²) in [4.78, 5) is 13.5. The maximum Gasteiger partial charge on any atom is 0.311 e. The summed E-state index contributed by atoms with van der Waals surface area (Å²) in [5, 5.41) is 19.4. The normalized spacial score (nSPS) is 17.9. The third-order valence-electron chi connectivity index (χ3n) is 3.53. The Bertz CT molecular complexity index is 641. The molecule has 1 atom stereocenters. The van der Waals surface area contributed by atoms with E-state index in [4.69, 9.17) is 0 Å². The first-order chi connectivity index (χ1) is 9.65. The SMILES string of the molecule is Cc1nnc(CN2CCC(C(=O)O)c3ccccc32)s1. The summed E-state index contributed by atoms with van der Waals surface area (Å²) in [5.74, 6) is -1.15. The average Bonchev–Trinajstić information content (AvgIpc) is 2.84. The van der Waals surface area contributed by atoms with E-state index < -0.39 is 11.9 Å². The van der Waals surface area contributed by atoms with Crippen molar-refractivity contribution >= 4 is 23.0 Å². The van der Waals surface area contributed by atoms with Crippen molar-refractivity contribution in [2.24, 2.45) is 0 Å². The van der Waals surface area contributed by atoms with Crippen molar-refractivity contribution < 1.29 is 9.90 Å². The van der Waals surface area contributed by atoms with E-state index in [9.17, 15) is 9.90 Å². The summed E-state index contributed by atoms with van der Waals surface area (Å²) in [6.45, 7) is 3.35. The largest absolute Gasteiger partial charge is 0.481 e. The van der Waals surface area contributed by atoms with Crippen molar-refractivity contribution in [1.29, 1.82) is 0 Å². The Balaban J connectivity index is 1.90. The quantitative estimate of drug-likeness (QED) is 0.940. The second-order valence-corrected chi connectivity index (χ2v) is 6.14. The zero-order valence-electron chi connectivity index (χ0n) is 11.1. The molecular weight excluding hydrogens is 274 g/mol. The van der Waals surface area contributed by atoms with Gasteiger partial charge in [0.2, 0.25) is 0 Å². The van der Waals surface area contributed by atoms with E-state index in [-0.39, 0.29) is 0 Å². The van der Waals surface area contributed by atoms with Gasteiger partial charge in [0.15, 0.2) is 0 Å². The van der Waals surface area contributed by atoms with Gasteiger partial charge in [0, 0.05) is 12.2 Å². The standard InChI is InChI=1S/C14H15N3O2S/c1-9-15-16-13(20-9)8-17-7-6-11(14(18)19)10-4-2-3-5-12(10)17/h2-5,11H,6-8H2,1H3,(H,18,19). The van der Waals surface area contributed by atoms with Crippen LogP contribution in [0.1, 0.15) is 27.9 Å². The lowest BCUT2D eigenvalue weighted by Gasteiger charge is -2.33. The van der Waals surface area contributed by atoms with Crippen LogP contribution in [0, 0.1) is 6.92 Å². The second kappa shape index (κ2) is 5.20. The van der Waals surface area contributed by atoms with Gasteiger partial charge in [-0.25, -0.2) is 0 Å². The second-order valence-electron chi connectivity index (χ2n) is 4.87. The molecule has 0 saturated heterocycles. The molecule has 0 amide bonds. The van der Waals surface area contributed by atoms with E-state index >= 15 is 0 Å². The molecule has 3 rings (SSSR count). The summed E-state index contributed by atoms with van der Waals surface area (Å²) in [7, 11) is 0. The van der Waals surface area contributed by atoms with Crippen LogP contribution < -0.4 is 4.90 Å². The Morgan fingerprint density at radius 3 is 2.95 bits per heavy atom. The van der Waals surface area contributed by atoms with E-state index in [1.807, 2.05) is 31.2 Å². The molecule has 0 fully saturated rings. The first-order valence-electron chi connectivity index (χ1n) is 6.51. The number of rotatable bonds is 3. The third-order valence-corrected chi connectivity index (χ3v) is 4.36. The number of para-hydroxylation sites is 1. The predicted octanol–water partition coefficient (Wildman–Crippen LogP) is 2.43. The lowest BCUT2D eigenvalue weighted by Crippen LogP contribution is -2.33. The minimum Gasteiger partial charge on any atom is -0.481 e. The molecule has 1 unspecified atom stereocenters. The van der Waals surface area contributed by atoms with Crippen molar-refractivity contribution in [3.05, 3.63) is 39.8 Å². The summed E-state index contributed by atoms with van der Waals surface area (Å²) in [6, 6.07) is 7.73. The van der Waals surface area contributed by atoms with Crippen molar-refractivity contribution in [3.63, 3.8) is 0 Å². The Hall–Kier alpha value is -1.95. The van der Waals surface area contributed by atoms with Crippen LogP contribution >= 0.6 is 11.3 Å². The summed E-state index contributed by atoms with van der Waals surface area (Å²) >= 11 is 1.58. The number of benzene rings is 1. The van der Waals surface area contributed by atoms with Crippen LogP contribution in [0.5, 0.6) is 0 Å². The number of carboxylic acids is 1. The van der Waals surface area contributed by atoms with Gasteiger partial charge >= 0.3 is 5.97 Å². The predicted molar refractivity (Wildman–Crippen MR) is 77.1 cm³/mol. The molecule has 0 radical (unpaired) electrons. The number of carbonyl (C=O) groups is 1. The molecule has 1 aromatic heterocycles. The Labute approximate surface area is 120 Å². The number of nitrogens with zero attached hydrogens (tertiary/aromatic N) is 3. The van der Waals surface area contributed by atoms with Gasteiger partial charge in [0.25, 0.3) is 0 Å². The summed E-state index contributed by atoms with van der Waals surface area (Å²) < 4.78 is 0. The maximum absolute atomic E-state index is 11.3. The van der Waals surface area contributed by atoms with Crippen molar-refractivity contribution in [2.45, 2.75) is 25.8 Å². The first-order valence-corrected chi connectivity index (χ1v) is 7.32. The molecule has 1 N–H and O–H groups in total. The minimum absolute atomic E-state index is 0.404. The van der Waals surface area contributed by atoms with E-state index in [0.29, 0.717) is 13.0 Å². The fourth-order valence-corrected chi connectivity index (χ4v) is 3.34. The van der Waals surface area contributed by atoms with Gasteiger partial charge in [-0.3, -0.25) is 4.79 Å². The van der Waals surface area contributed by atoms with Crippen LogP contribution in [-0.4, -0.2) is 27.8 Å². The molecule has 2 heterocycles. The van der Waals surface area contributed by atoms with Crippen LogP contribution in [0.3, 0.4) is 0 Å². The number of aryl methyl sites for hydroxylation is 1. The number of hydrogen-bond donors (Lipinski definition) is 1. The molecule has 5 nitrogen and oxygen atoms in total. The zero-order valence-corrected chi connectivity index (χ0v) is 11.9. The van der Waals surface area contributed by atoms with E-state index in [0.717, 1.165) is 27.8 Å². The van der Waals surface area contributed by atoms with Crippen LogP contribution in [0.15, 0.2) is 24.3 Å². The highest BCUT2D eigenvalue weighted by Crippen LogP contribution is 2.36. The molecule has 0 aliphatic carbocycles.